The Labute approximate surface area is 187 Å². The Morgan fingerprint density at radius 3 is 2.32 bits per heavy atom. The van der Waals surface area contributed by atoms with Gasteiger partial charge in [-0.25, -0.2) is 4.68 Å². The van der Waals surface area contributed by atoms with Crippen LogP contribution in [-0.4, -0.2) is 33.2 Å². The number of halogens is 1. The average molecular weight is 439 g/mol. The molecule has 0 fully saturated rings. The molecule has 0 aliphatic rings. The molecule has 1 atom stereocenters. The summed E-state index contributed by atoms with van der Waals surface area (Å²) in [6.07, 6.45) is 1.94. The lowest BCUT2D eigenvalue weighted by Crippen LogP contribution is -2.51. The van der Waals surface area contributed by atoms with E-state index in [1.54, 1.807) is 23.7 Å². The fourth-order valence-corrected chi connectivity index (χ4v) is 3.24. The van der Waals surface area contributed by atoms with Gasteiger partial charge in [-0.05, 0) is 52.0 Å². The molecule has 2 N–H and O–H groups in total. The fraction of sp³-hybridized carbons (Fsp3) is 0.292. The maximum absolute atomic E-state index is 12.7. The van der Waals surface area contributed by atoms with E-state index in [4.69, 9.17) is 16.7 Å². The molecule has 0 aliphatic heterocycles. The summed E-state index contributed by atoms with van der Waals surface area (Å²) in [4.78, 5) is 25.0. The van der Waals surface area contributed by atoms with Crippen LogP contribution < -0.4 is 10.6 Å². The minimum Gasteiger partial charge on any atom is -0.350 e. The number of para-hydroxylation sites is 1. The lowest BCUT2D eigenvalue weighted by Gasteiger charge is -2.23. The molecule has 0 radical (unpaired) electrons. The quantitative estimate of drug-likeness (QED) is 0.606. The van der Waals surface area contributed by atoms with Gasteiger partial charge in [0.2, 0.25) is 11.8 Å². The molecule has 162 valence electrons. The summed E-state index contributed by atoms with van der Waals surface area (Å²) < 4.78 is 1.75. The van der Waals surface area contributed by atoms with E-state index in [2.05, 4.69) is 10.6 Å². The van der Waals surface area contributed by atoms with Crippen LogP contribution in [0.3, 0.4) is 0 Å². The molecule has 0 spiro atoms. The predicted molar refractivity (Wildman–Crippen MR) is 123 cm³/mol. The smallest absolute Gasteiger partial charge is 0.242 e. The minimum atomic E-state index is -0.644. The maximum Gasteiger partial charge on any atom is 0.242 e. The van der Waals surface area contributed by atoms with Gasteiger partial charge in [0.15, 0.2) is 0 Å². The van der Waals surface area contributed by atoms with E-state index in [9.17, 15) is 9.59 Å². The van der Waals surface area contributed by atoms with Crippen LogP contribution >= 0.6 is 11.6 Å². The van der Waals surface area contributed by atoms with Gasteiger partial charge in [-0.1, -0.05) is 41.9 Å². The Hall–Kier alpha value is -3.12. The van der Waals surface area contributed by atoms with Gasteiger partial charge >= 0.3 is 0 Å². The lowest BCUT2D eigenvalue weighted by molar-refractivity contribution is -0.129. The highest BCUT2D eigenvalue weighted by molar-refractivity contribution is 6.30. The second-order valence-electron chi connectivity index (χ2n) is 8.50. The SMILES string of the molecule is CC(NC(=O)Cc1cn(-c2ccccc2)nc1-c1ccc(Cl)cc1)C(=O)NC(C)(C)C. The van der Waals surface area contributed by atoms with E-state index in [0.717, 1.165) is 16.8 Å². The van der Waals surface area contributed by atoms with Gasteiger partial charge in [-0.2, -0.15) is 5.10 Å². The number of carbonyl (C=O) groups excluding carboxylic acids is 2. The normalized spacial score (nSPS) is 12.3. The standard InChI is InChI=1S/C24H27ClN4O2/c1-16(23(31)27-24(2,3)4)26-21(30)14-18-15-29(20-8-6-5-7-9-20)28-22(18)17-10-12-19(25)13-11-17/h5-13,15-16H,14H2,1-4H3,(H,26,30)(H,27,31). The molecule has 0 bridgehead atoms. The zero-order valence-electron chi connectivity index (χ0n) is 18.1. The molecule has 1 heterocycles. The zero-order chi connectivity index (χ0) is 22.6. The summed E-state index contributed by atoms with van der Waals surface area (Å²) in [5, 5.41) is 11.0. The van der Waals surface area contributed by atoms with Gasteiger partial charge in [-0.3, -0.25) is 9.59 Å². The number of hydrogen-bond acceptors (Lipinski definition) is 3. The van der Waals surface area contributed by atoms with Gasteiger partial charge < -0.3 is 10.6 Å². The Kier molecular flexibility index (Phi) is 6.81. The Balaban J connectivity index is 1.83. The van der Waals surface area contributed by atoms with Crippen LogP contribution in [0.2, 0.25) is 5.02 Å². The topological polar surface area (TPSA) is 76.0 Å². The summed E-state index contributed by atoms with van der Waals surface area (Å²) in [5.74, 6) is -0.474. The highest BCUT2D eigenvalue weighted by Crippen LogP contribution is 2.25. The molecule has 2 aromatic carbocycles. The van der Waals surface area contributed by atoms with E-state index in [0.29, 0.717) is 10.7 Å². The zero-order valence-corrected chi connectivity index (χ0v) is 18.9. The van der Waals surface area contributed by atoms with Crippen molar-refractivity contribution >= 4 is 23.4 Å². The molecular weight excluding hydrogens is 412 g/mol. The van der Waals surface area contributed by atoms with Crippen molar-refractivity contribution in [3.63, 3.8) is 0 Å². The van der Waals surface area contributed by atoms with Gasteiger partial charge in [0.25, 0.3) is 0 Å². The number of nitrogens with zero attached hydrogens (tertiary/aromatic N) is 2. The van der Waals surface area contributed by atoms with Crippen LogP contribution in [0.4, 0.5) is 0 Å². The maximum atomic E-state index is 12.7. The number of amides is 2. The van der Waals surface area contributed by atoms with Crippen LogP contribution in [0, 0.1) is 0 Å². The Morgan fingerprint density at radius 1 is 1.06 bits per heavy atom. The number of nitrogens with one attached hydrogen (secondary N) is 2. The first kappa shape index (κ1) is 22.6. The van der Waals surface area contributed by atoms with Gasteiger partial charge in [0, 0.05) is 27.9 Å². The van der Waals surface area contributed by atoms with Crippen molar-refractivity contribution in [1.82, 2.24) is 20.4 Å². The highest BCUT2D eigenvalue weighted by atomic mass is 35.5. The van der Waals surface area contributed by atoms with Crippen LogP contribution in [0.15, 0.2) is 60.8 Å². The van der Waals surface area contributed by atoms with E-state index >= 15 is 0 Å². The summed E-state index contributed by atoms with van der Waals surface area (Å²) in [5.41, 5.74) is 2.84. The van der Waals surface area contributed by atoms with Crippen molar-refractivity contribution in [2.24, 2.45) is 0 Å². The van der Waals surface area contributed by atoms with E-state index in [1.807, 2.05) is 69.4 Å². The number of aromatic nitrogens is 2. The Bertz CT molecular complexity index is 1050. The molecule has 2 amide bonds. The number of benzene rings is 2. The van der Waals surface area contributed by atoms with Crippen molar-refractivity contribution in [3.8, 4) is 16.9 Å². The van der Waals surface area contributed by atoms with Crippen LogP contribution in [0.1, 0.15) is 33.3 Å². The number of hydrogen-bond donors (Lipinski definition) is 2. The van der Waals surface area contributed by atoms with Gasteiger partial charge in [0.1, 0.15) is 6.04 Å². The second-order valence-corrected chi connectivity index (χ2v) is 8.93. The van der Waals surface area contributed by atoms with Crippen molar-refractivity contribution in [2.75, 3.05) is 0 Å². The molecule has 0 aliphatic carbocycles. The lowest BCUT2D eigenvalue weighted by atomic mass is 10.1. The molecule has 3 rings (SSSR count). The summed E-state index contributed by atoms with van der Waals surface area (Å²) in [6.45, 7) is 7.37. The molecule has 1 unspecified atom stereocenters. The molecule has 31 heavy (non-hydrogen) atoms. The highest BCUT2D eigenvalue weighted by Gasteiger charge is 2.22. The van der Waals surface area contributed by atoms with Crippen LogP contribution in [0.5, 0.6) is 0 Å². The van der Waals surface area contributed by atoms with Crippen LogP contribution in [0.25, 0.3) is 16.9 Å². The van der Waals surface area contributed by atoms with Crippen molar-refractivity contribution in [1.29, 1.82) is 0 Å². The van der Waals surface area contributed by atoms with Crippen LogP contribution in [-0.2, 0) is 16.0 Å². The third kappa shape index (κ3) is 6.18. The summed E-state index contributed by atoms with van der Waals surface area (Å²) in [7, 11) is 0. The molecule has 1 aromatic heterocycles. The minimum absolute atomic E-state index is 0.0952. The molecule has 7 heteroatoms. The molecular formula is C24H27ClN4O2. The van der Waals surface area contributed by atoms with Crippen molar-refractivity contribution in [2.45, 2.75) is 45.7 Å². The second kappa shape index (κ2) is 9.35. The fourth-order valence-electron chi connectivity index (χ4n) is 3.11. The van der Waals surface area contributed by atoms with E-state index in [1.165, 1.54) is 0 Å². The number of rotatable bonds is 6. The molecule has 3 aromatic rings. The average Bonchev–Trinajstić information content (AvgIpc) is 3.11. The third-order valence-electron chi connectivity index (χ3n) is 4.55. The Morgan fingerprint density at radius 2 is 1.71 bits per heavy atom. The monoisotopic (exact) mass is 438 g/mol. The largest absolute Gasteiger partial charge is 0.350 e. The third-order valence-corrected chi connectivity index (χ3v) is 4.80. The van der Waals surface area contributed by atoms with E-state index < -0.39 is 6.04 Å². The summed E-state index contributed by atoms with van der Waals surface area (Å²) in [6, 6.07) is 16.4. The summed E-state index contributed by atoms with van der Waals surface area (Å²) >= 11 is 6.03. The number of carbonyl (C=O) groups is 2. The first-order valence-corrected chi connectivity index (χ1v) is 10.5. The van der Waals surface area contributed by atoms with Gasteiger partial charge in [0.05, 0.1) is 17.8 Å². The molecule has 6 nitrogen and oxygen atoms in total. The first-order valence-electron chi connectivity index (χ1n) is 10.1. The van der Waals surface area contributed by atoms with Gasteiger partial charge in [-0.15, -0.1) is 0 Å². The van der Waals surface area contributed by atoms with E-state index in [-0.39, 0.29) is 23.8 Å². The van der Waals surface area contributed by atoms with Crippen molar-refractivity contribution < 1.29 is 9.59 Å². The molecule has 0 saturated carbocycles. The van der Waals surface area contributed by atoms with Crippen molar-refractivity contribution in [3.05, 3.63) is 71.4 Å². The predicted octanol–water partition coefficient (Wildman–Crippen LogP) is 4.15. The molecule has 0 saturated heterocycles. The first-order chi connectivity index (χ1) is 14.6.